The number of ether oxygens (including phenoxy) is 1. The van der Waals surface area contributed by atoms with Gasteiger partial charge < -0.3 is 20.3 Å². The number of nitrogens with two attached hydrogens (primary N) is 1. The monoisotopic (exact) mass is 693 g/mol. The van der Waals surface area contributed by atoms with Crippen LogP contribution in [0.25, 0.3) is 10.8 Å². The summed E-state index contributed by atoms with van der Waals surface area (Å²) in [5.74, 6) is -0.366. The van der Waals surface area contributed by atoms with Gasteiger partial charge in [0.25, 0.3) is 11.8 Å². The molecule has 0 radical (unpaired) electrons. The Kier molecular flexibility index (Phi) is 11.6. The first-order chi connectivity index (χ1) is 22.6. The van der Waals surface area contributed by atoms with Crippen molar-refractivity contribution in [2.75, 3.05) is 46.1 Å². The summed E-state index contributed by atoms with van der Waals surface area (Å²) < 4.78 is 18.0. The molecule has 1 saturated heterocycles. The number of benzene rings is 4. The van der Waals surface area contributed by atoms with Crippen molar-refractivity contribution in [2.45, 2.75) is 42.9 Å². The number of likely N-dealkylation sites (tertiary alicyclic amines) is 1. The highest BCUT2D eigenvalue weighted by Crippen LogP contribution is 2.36. The van der Waals surface area contributed by atoms with Crippen LogP contribution in [0.1, 0.15) is 69.9 Å². The SMILES string of the molecule is CCN(CC(CCN1CCC(c2ccccc2[S@](C)=O)CC1)c1ccc(Cl)c(Cl)c1)C(=O)c1c(OC)c(C(N)=O)cc2ccccc12. The van der Waals surface area contributed by atoms with Gasteiger partial charge in [-0.3, -0.25) is 13.8 Å². The van der Waals surface area contributed by atoms with Crippen molar-refractivity contribution in [3.05, 3.63) is 105 Å². The van der Waals surface area contributed by atoms with Crippen molar-refractivity contribution >= 4 is 56.6 Å². The zero-order valence-corrected chi connectivity index (χ0v) is 29.3. The van der Waals surface area contributed by atoms with Gasteiger partial charge >= 0.3 is 0 Å². The van der Waals surface area contributed by atoms with Crippen molar-refractivity contribution < 1.29 is 18.5 Å². The zero-order valence-electron chi connectivity index (χ0n) is 27.0. The van der Waals surface area contributed by atoms with E-state index in [0.717, 1.165) is 54.7 Å². The molecule has 1 unspecified atom stereocenters. The van der Waals surface area contributed by atoms with Crippen molar-refractivity contribution in [1.29, 1.82) is 0 Å². The molecule has 0 aromatic heterocycles. The van der Waals surface area contributed by atoms with E-state index in [-0.39, 0.29) is 23.1 Å². The number of carbonyl (C=O) groups excluding carboxylic acids is 2. The lowest BCUT2D eigenvalue weighted by Crippen LogP contribution is -2.38. The number of halogens is 2. The lowest BCUT2D eigenvalue weighted by Gasteiger charge is -2.34. The summed E-state index contributed by atoms with van der Waals surface area (Å²) in [4.78, 5) is 32.0. The Morgan fingerprint density at radius 2 is 1.72 bits per heavy atom. The number of hydrogen-bond acceptors (Lipinski definition) is 5. The van der Waals surface area contributed by atoms with E-state index in [1.807, 2.05) is 61.5 Å². The van der Waals surface area contributed by atoms with Gasteiger partial charge in [0.05, 0.1) is 39.1 Å². The normalized spacial score (nSPS) is 15.3. The Bertz CT molecular complexity index is 1790. The Balaban J connectivity index is 1.39. The molecule has 2 N–H and O–H groups in total. The van der Waals surface area contributed by atoms with Crippen LogP contribution in [0.15, 0.2) is 77.7 Å². The molecule has 4 aromatic carbocycles. The molecule has 2 amide bonds. The maximum Gasteiger partial charge on any atom is 0.258 e. The number of likely N-dealkylation sites (N-methyl/N-ethyl adjacent to an activating group) is 1. The summed E-state index contributed by atoms with van der Waals surface area (Å²) in [6.07, 6.45) is 4.53. The number of hydrogen-bond donors (Lipinski definition) is 1. The fourth-order valence-corrected chi connectivity index (χ4v) is 7.87. The molecule has 0 saturated carbocycles. The van der Waals surface area contributed by atoms with Gasteiger partial charge in [-0.05, 0) is 97.9 Å². The van der Waals surface area contributed by atoms with Gasteiger partial charge in [-0.1, -0.05) is 71.7 Å². The minimum Gasteiger partial charge on any atom is -0.495 e. The third-order valence-electron chi connectivity index (χ3n) is 9.26. The van der Waals surface area contributed by atoms with Crippen LogP contribution in [0, 0.1) is 0 Å². The van der Waals surface area contributed by atoms with Crippen LogP contribution in [0.2, 0.25) is 10.0 Å². The van der Waals surface area contributed by atoms with Crippen molar-refractivity contribution in [2.24, 2.45) is 5.73 Å². The van der Waals surface area contributed by atoms with Gasteiger partial charge in [0, 0.05) is 30.2 Å². The zero-order chi connectivity index (χ0) is 33.7. The number of fused-ring (bicyclic) bond motifs is 1. The second kappa shape index (κ2) is 15.6. The topological polar surface area (TPSA) is 92.9 Å². The summed E-state index contributed by atoms with van der Waals surface area (Å²) in [5.41, 5.74) is 8.42. The number of primary amides is 1. The largest absolute Gasteiger partial charge is 0.495 e. The Morgan fingerprint density at radius 3 is 2.38 bits per heavy atom. The smallest absolute Gasteiger partial charge is 0.258 e. The molecule has 7 nitrogen and oxygen atoms in total. The molecular weight excluding hydrogens is 653 g/mol. The van der Waals surface area contributed by atoms with Crippen LogP contribution in [0.3, 0.4) is 0 Å². The van der Waals surface area contributed by atoms with E-state index in [1.165, 1.54) is 12.7 Å². The molecule has 5 rings (SSSR count). The van der Waals surface area contributed by atoms with Gasteiger partial charge in [0.1, 0.15) is 5.75 Å². The number of rotatable bonds is 12. The van der Waals surface area contributed by atoms with E-state index in [1.54, 1.807) is 23.3 Å². The predicted molar refractivity (Wildman–Crippen MR) is 192 cm³/mol. The Labute approximate surface area is 289 Å². The maximum absolute atomic E-state index is 14.4. The van der Waals surface area contributed by atoms with E-state index in [4.69, 9.17) is 33.7 Å². The van der Waals surface area contributed by atoms with Crippen LogP contribution < -0.4 is 10.5 Å². The molecule has 1 fully saturated rings. The predicted octanol–water partition coefficient (Wildman–Crippen LogP) is 7.51. The van der Waals surface area contributed by atoms with Gasteiger partial charge in [-0.15, -0.1) is 0 Å². The summed E-state index contributed by atoms with van der Waals surface area (Å²) in [6, 6.07) is 22.9. The minimum atomic E-state index is -1.02. The molecular formula is C37H41Cl2N3O4S. The van der Waals surface area contributed by atoms with Gasteiger partial charge in [0.2, 0.25) is 0 Å². The molecule has 1 heterocycles. The molecule has 4 aromatic rings. The number of amides is 2. The van der Waals surface area contributed by atoms with E-state index in [9.17, 15) is 13.8 Å². The molecule has 0 bridgehead atoms. The average molecular weight is 695 g/mol. The van der Waals surface area contributed by atoms with Crippen molar-refractivity contribution in [1.82, 2.24) is 9.80 Å². The van der Waals surface area contributed by atoms with Crippen LogP contribution in [-0.4, -0.2) is 71.9 Å². The third kappa shape index (κ3) is 7.83. The molecule has 1 aliphatic heterocycles. The minimum absolute atomic E-state index is 0.0359. The summed E-state index contributed by atoms with van der Waals surface area (Å²) in [7, 11) is 0.429. The van der Waals surface area contributed by atoms with Crippen LogP contribution >= 0.6 is 23.2 Å². The lowest BCUT2D eigenvalue weighted by molar-refractivity contribution is 0.0747. The van der Waals surface area contributed by atoms with Gasteiger partial charge in [-0.2, -0.15) is 0 Å². The van der Waals surface area contributed by atoms with E-state index >= 15 is 0 Å². The van der Waals surface area contributed by atoms with Crippen molar-refractivity contribution in [3.8, 4) is 5.75 Å². The second-order valence-corrected chi connectivity index (χ2v) is 14.2. The number of piperidine rings is 1. The number of carbonyl (C=O) groups is 2. The first kappa shape index (κ1) is 34.9. The molecule has 10 heteroatoms. The molecule has 0 aliphatic carbocycles. The van der Waals surface area contributed by atoms with E-state index < -0.39 is 16.7 Å². The first-order valence-corrected chi connectivity index (χ1v) is 18.2. The summed E-state index contributed by atoms with van der Waals surface area (Å²) in [6.45, 7) is 5.53. The third-order valence-corrected chi connectivity index (χ3v) is 11.0. The van der Waals surface area contributed by atoms with E-state index in [2.05, 4.69) is 11.0 Å². The standard InChI is InChI=1S/C37H41Cl2N3O4S/c1-4-42(37(44)34-29-11-6-5-9-26(29)21-30(36(40)43)35(34)46-2)23-27(25-13-14-31(38)32(39)22-25)17-20-41-18-15-24(16-19-41)28-10-7-8-12-33(28)47(3)45/h5-14,21-22,24,27H,4,15-20,23H2,1-3H3,(H2,40,43)/t27?,47-/m0/s1. The van der Waals surface area contributed by atoms with Gasteiger partial charge in [0.15, 0.2) is 0 Å². The highest BCUT2D eigenvalue weighted by molar-refractivity contribution is 7.84. The number of nitrogens with zero attached hydrogens (tertiary/aromatic N) is 2. The molecule has 47 heavy (non-hydrogen) atoms. The first-order valence-electron chi connectivity index (χ1n) is 15.9. The highest BCUT2D eigenvalue weighted by atomic mass is 35.5. The van der Waals surface area contributed by atoms with Gasteiger partial charge in [-0.25, -0.2) is 0 Å². The van der Waals surface area contributed by atoms with Crippen LogP contribution in [0.4, 0.5) is 0 Å². The van der Waals surface area contributed by atoms with E-state index in [0.29, 0.717) is 40.0 Å². The molecule has 248 valence electrons. The molecule has 2 atom stereocenters. The second-order valence-electron chi connectivity index (χ2n) is 12.0. The lowest BCUT2D eigenvalue weighted by atomic mass is 9.88. The molecule has 0 spiro atoms. The summed E-state index contributed by atoms with van der Waals surface area (Å²) in [5, 5.41) is 2.38. The van der Waals surface area contributed by atoms with Crippen LogP contribution in [0.5, 0.6) is 5.75 Å². The fourth-order valence-electron chi connectivity index (χ4n) is 6.73. The van der Waals surface area contributed by atoms with Crippen LogP contribution in [-0.2, 0) is 10.8 Å². The fraction of sp³-hybridized carbons (Fsp3) is 0.351. The molecule has 1 aliphatic rings. The average Bonchev–Trinajstić information content (AvgIpc) is 3.08. The Morgan fingerprint density at radius 1 is 1.02 bits per heavy atom. The Hall–Kier alpha value is -3.43. The van der Waals surface area contributed by atoms with Crippen molar-refractivity contribution in [3.63, 3.8) is 0 Å². The quantitative estimate of drug-likeness (QED) is 0.166. The maximum atomic E-state index is 14.4. The highest BCUT2D eigenvalue weighted by Gasteiger charge is 2.29. The summed E-state index contributed by atoms with van der Waals surface area (Å²) >= 11 is 12.8. The number of methoxy groups -OCH3 is 1.